The summed E-state index contributed by atoms with van der Waals surface area (Å²) in [6.45, 7) is 15.5. The van der Waals surface area contributed by atoms with Gasteiger partial charge in [0.05, 0.1) is 6.07 Å². The first kappa shape index (κ1) is 26.7. The summed E-state index contributed by atoms with van der Waals surface area (Å²) in [5.74, 6) is 0.345. The number of nitrogens with zero attached hydrogens (tertiary/aromatic N) is 2. The third kappa shape index (κ3) is 8.38. The van der Waals surface area contributed by atoms with Crippen molar-refractivity contribution in [3.63, 3.8) is 0 Å². The largest absolute Gasteiger partial charge is 0.507 e. The Labute approximate surface area is 190 Å². The van der Waals surface area contributed by atoms with Crippen molar-refractivity contribution in [2.45, 2.75) is 80.2 Å². The summed E-state index contributed by atoms with van der Waals surface area (Å²) in [6.07, 6.45) is 5.05. The first-order valence-electron chi connectivity index (χ1n) is 11.9. The zero-order chi connectivity index (χ0) is 23.3. The van der Waals surface area contributed by atoms with Gasteiger partial charge in [-0.3, -0.25) is 4.90 Å². The average molecular weight is 423 g/mol. The molecule has 0 saturated carbocycles. The summed E-state index contributed by atoms with van der Waals surface area (Å²) in [6, 6.07) is 16.8. The Balaban J connectivity index is 0.000000884. The lowest BCUT2D eigenvalue weighted by Crippen LogP contribution is -2.38. The number of piperidine rings is 1. The van der Waals surface area contributed by atoms with Gasteiger partial charge in [0.1, 0.15) is 5.75 Å². The van der Waals surface area contributed by atoms with E-state index >= 15 is 0 Å². The number of phenols is 1. The van der Waals surface area contributed by atoms with Gasteiger partial charge in [0.15, 0.2) is 0 Å². The van der Waals surface area contributed by atoms with E-state index in [-0.39, 0.29) is 5.41 Å². The Kier molecular flexibility index (Phi) is 12.0. The van der Waals surface area contributed by atoms with Crippen LogP contribution >= 0.6 is 0 Å². The Morgan fingerprint density at radius 3 is 2.00 bits per heavy atom. The maximum Gasteiger partial charge on any atom is 0.123 e. The second-order valence-corrected chi connectivity index (χ2v) is 8.53. The molecular weight excluding hydrogens is 380 g/mol. The lowest BCUT2D eigenvalue weighted by molar-refractivity contribution is 0.116. The molecule has 1 saturated heterocycles. The zero-order valence-electron chi connectivity index (χ0n) is 20.5. The molecule has 0 spiro atoms. The number of hydrogen-bond donors (Lipinski definition) is 1. The number of likely N-dealkylation sites (tertiary alicyclic amines) is 1. The first-order valence-corrected chi connectivity index (χ1v) is 11.9. The monoisotopic (exact) mass is 422 g/mol. The molecule has 31 heavy (non-hydrogen) atoms. The molecule has 1 fully saturated rings. The minimum absolute atomic E-state index is 0.169. The zero-order valence-corrected chi connectivity index (χ0v) is 20.5. The molecule has 0 unspecified atom stereocenters. The number of aromatic hydroxyl groups is 1. The minimum atomic E-state index is 0.169. The fraction of sp³-hybridized carbons (Fsp3) is 0.536. The Morgan fingerprint density at radius 1 is 0.968 bits per heavy atom. The molecule has 1 heterocycles. The normalized spacial score (nSPS) is 15.0. The maximum absolute atomic E-state index is 10.5. The number of benzene rings is 2. The molecule has 3 nitrogen and oxygen atoms in total. The van der Waals surface area contributed by atoms with Crippen molar-refractivity contribution < 1.29 is 5.11 Å². The van der Waals surface area contributed by atoms with E-state index in [0.29, 0.717) is 12.2 Å². The van der Waals surface area contributed by atoms with Crippen LogP contribution in [-0.2, 0) is 13.0 Å². The van der Waals surface area contributed by atoms with Gasteiger partial charge in [0, 0.05) is 18.5 Å². The van der Waals surface area contributed by atoms with Gasteiger partial charge in [-0.25, -0.2) is 0 Å². The number of rotatable bonds is 5. The molecule has 0 amide bonds. The van der Waals surface area contributed by atoms with Crippen LogP contribution in [-0.4, -0.2) is 23.1 Å². The van der Waals surface area contributed by atoms with Crippen molar-refractivity contribution in [1.82, 2.24) is 4.90 Å². The number of phenolic OH excluding ortho intramolecular Hbond substituents is 1. The molecule has 2 aromatic rings. The molecule has 2 aromatic carbocycles. The number of nitriles is 1. The highest BCUT2D eigenvalue weighted by Crippen LogP contribution is 2.35. The predicted octanol–water partition coefficient (Wildman–Crippen LogP) is 7.58. The summed E-state index contributed by atoms with van der Waals surface area (Å²) in [5, 5.41) is 19.5. The second kappa shape index (κ2) is 13.9. The van der Waals surface area contributed by atoms with Crippen molar-refractivity contribution in [1.29, 1.82) is 5.26 Å². The molecule has 1 N–H and O–H groups in total. The standard InChI is InChI=1S/C23H28N2O.C3H8.C2H6/c1-3-18-4-7-20(8-5-18)21-9-6-19(16-22(21)26)17-25-14-11-23(2,10-13-24)12-15-25;1-3-2;1-2/h4-9,16,26H,3,10-12,14-15,17H2,1-2H3;3H2,1-2H3;1-2H3. The summed E-state index contributed by atoms with van der Waals surface area (Å²) >= 11 is 0. The molecular formula is C28H42N2O. The van der Waals surface area contributed by atoms with Crippen molar-refractivity contribution in [2.75, 3.05) is 13.1 Å². The molecule has 0 aliphatic carbocycles. The van der Waals surface area contributed by atoms with Gasteiger partial charge in [0.25, 0.3) is 0 Å². The van der Waals surface area contributed by atoms with Gasteiger partial charge < -0.3 is 5.11 Å². The van der Waals surface area contributed by atoms with E-state index in [2.05, 4.69) is 69.0 Å². The number of hydrogen-bond acceptors (Lipinski definition) is 3. The van der Waals surface area contributed by atoms with Gasteiger partial charge in [0.2, 0.25) is 0 Å². The molecule has 3 heteroatoms. The molecule has 3 rings (SSSR count). The third-order valence-electron chi connectivity index (χ3n) is 5.71. The number of aryl methyl sites for hydroxylation is 1. The van der Waals surface area contributed by atoms with E-state index < -0.39 is 0 Å². The molecule has 1 aliphatic heterocycles. The third-order valence-corrected chi connectivity index (χ3v) is 5.71. The van der Waals surface area contributed by atoms with E-state index in [9.17, 15) is 5.11 Å². The highest BCUT2D eigenvalue weighted by molar-refractivity contribution is 5.70. The summed E-state index contributed by atoms with van der Waals surface area (Å²) < 4.78 is 0. The average Bonchev–Trinajstić information content (AvgIpc) is 2.78. The van der Waals surface area contributed by atoms with Crippen molar-refractivity contribution in [3.8, 4) is 22.9 Å². The highest BCUT2D eigenvalue weighted by atomic mass is 16.3. The van der Waals surface area contributed by atoms with Gasteiger partial charge >= 0.3 is 0 Å². The van der Waals surface area contributed by atoms with Gasteiger partial charge in [-0.2, -0.15) is 5.26 Å². The second-order valence-electron chi connectivity index (χ2n) is 8.53. The van der Waals surface area contributed by atoms with Crippen LogP contribution in [0.15, 0.2) is 42.5 Å². The van der Waals surface area contributed by atoms with Crippen LogP contribution in [0, 0.1) is 16.7 Å². The van der Waals surface area contributed by atoms with Crippen LogP contribution in [0.5, 0.6) is 5.75 Å². The minimum Gasteiger partial charge on any atom is -0.507 e. The van der Waals surface area contributed by atoms with Crippen LogP contribution in [0.25, 0.3) is 11.1 Å². The fourth-order valence-corrected chi connectivity index (χ4v) is 3.72. The van der Waals surface area contributed by atoms with Crippen LogP contribution in [0.3, 0.4) is 0 Å². The fourth-order valence-electron chi connectivity index (χ4n) is 3.72. The SMILES string of the molecule is CC.CCC.CCc1ccc(-c2ccc(CN3CCC(C)(CC#N)CC3)cc2O)cc1. The Bertz CT molecular complexity index is 797. The van der Waals surface area contributed by atoms with Crippen LogP contribution in [0.4, 0.5) is 0 Å². The van der Waals surface area contributed by atoms with E-state index in [1.165, 1.54) is 12.0 Å². The molecule has 0 atom stereocenters. The molecule has 0 aromatic heterocycles. The maximum atomic E-state index is 10.5. The van der Waals surface area contributed by atoms with Crippen molar-refractivity contribution in [2.24, 2.45) is 5.41 Å². The lowest BCUT2D eigenvalue weighted by atomic mass is 9.78. The smallest absolute Gasteiger partial charge is 0.123 e. The Hall–Kier alpha value is -2.31. The molecule has 170 valence electrons. The topological polar surface area (TPSA) is 47.3 Å². The Morgan fingerprint density at radius 2 is 1.52 bits per heavy atom. The molecule has 1 aliphatic rings. The van der Waals surface area contributed by atoms with E-state index in [1.807, 2.05) is 26.0 Å². The molecule has 0 radical (unpaired) electrons. The summed E-state index contributed by atoms with van der Waals surface area (Å²) in [5.41, 5.74) is 4.55. The molecule has 0 bridgehead atoms. The van der Waals surface area contributed by atoms with Gasteiger partial charge in [-0.1, -0.05) is 84.4 Å². The predicted molar refractivity (Wildman–Crippen MR) is 133 cm³/mol. The van der Waals surface area contributed by atoms with Gasteiger partial charge in [-0.15, -0.1) is 0 Å². The van der Waals surface area contributed by atoms with Crippen molar-refractivity contribution in [3.05, 3.63) is 53.6 Å². The van der Waals surface area contributed by atoms with E-state index in [1.54, 1.807) is 0 Å². The van der Waals surface area contributed by atoms with E-state index in [4.69, 9.17) is 5.26 Å². The summed E-state index contributed by atoms with van der Waals surface area (Å²) in [4.78, 5) is 2.42. The first-order chi connectivity index (χ1) is 14.9. The highest BCUT2D eigenvalue weighted by Gasteiger charge is 2.29. The lowest BCUT2D eigenvalue weighted by Gasteiger charge is -2.38. The van der Waals surface area contributed by atoms with E-state index in [0.717, 1.165) is 55.6 Å². The van der Waals surface area contributed by atoms with Crippen LogP contribution < -0.4 is 0 Å². The van der Waals surface area contributed by atoms with Gasteiger partial charge in [-0.05, 0) is 60.5 Å². The summed E-state index contributed by atoms with van der Waals surface area (Å²) in [7, 11) is 0. The quantitative estimate of drug-likeness (QED) is 0.540. The van der Waals surface area contributed by atoms with Crippen LogP contribution in [0.1, 0.15) is 78.4 Å². The van der Waals surface area contributed by atoms with Crippen LogP contribution in [0.2, 0.25) is 0 Å². The van der Waals surface area contributed by atoms with Crippen molar-refractivity contribution >= 4 is 0 Å².